The quantitative estimate of drug-likeness (QED) is 0.282. The van der Waals surface area contributed by atoms with Crippen LogP contribution in [0.3, 0.4) is 0 Å². The molecular formula is C23H30N6O5. The number of carbonyl (C=O) groups excluding carboxylic acids is 1. The van der Waals surface area contributed by atoms with Gasteiger partial charge in [0.25, 0.3) is 5.91 Å². The first-order valence-electron chi connectivity index (χ1n) is 11.2. The van der Waals surface area contributed by atoms with Crippen molar-refractivity contribution in [2.45, 2.75) is 51.0 Å². The van der Waals surface area contributed by atoms with E-state index in [9.17, 15) is 19.5 Å². The molecule has 0 saturated carbocycles. The topological polar surface area (TPSA) is 194 Å². The molecule has 3 rings (SSSR count). The van der Waals surface area contributed by atoms with Crippen molar-refractivity contribution in [2.24, 2.45) is 5.92 Å². The maximum absolute atomic E-state index is 12.4. The van der Waals surface area contributed by atoms with Crippen LogP contribution in [0.2, 0.25) is 0 Å². The van der Waals surface area contributed by atoms with Crippen LogP contribution in [-0.2, 0) is 16.0 Å². The van der Waals surface area contributed by atoms with Gasteiger partial charge in [0.15, 0.2) is 0 Å². The molecule has 1 aliphatic heterocycles. The lowest BCUT2D eigenvalue weighted by Gasteiger charge is -2.20. The summed E-state index contributed by atoms with van der Waals surface area (Å²) in [4.78, 5) is 42.8. The lowest BCUT2D eigenvalue weighted by atomic mass is 9.85. The molecule has 2 heterocycles. The van der Waals surface area contributed by atoms with Gasteiger partial charge in [-0.3, -0.25) is 9.59 Å². The first-order valence-corrected chi connectivity index (χ1v) is 11.2. The number of hydrogen-bond donors (Lipinski definition) is 6. The second kappa shape index (κ2) is 10.8. The van der Waals surface area contributed by atoms with Crippen LogP contribution < -0.4 is 22.1 Å². The van der Waals surface area contributed by atoms with Crippen molar-refractivity contribution in [3.8, 4) is 0 Å². The van der Waals surface area contributed by atoms with Crippen molar-refractivity contribution in [3.63, 3.8) is 0 Å². The van der Waals surface area contributed by atoms with Crippen LogP contribution in [0, 0.1) is 5.92 Å². The first kappa shape index (κ1) is 24.7. The zero-order chi connectivity index (χ0) is 24.8. The Morgan fingerprint density at radius 1 is 1.18 bits per heavy atom. The van der Waals surface area contributed by atoms with Crippen LogP contribution in [0.5, 0.6) is 0 Å². The molecule has 1 amide bonds. The Morgan fingerprint density at radius 3 is 2.50 bits per heavy atom. The molecule has 11 heteroatoms. The third-order valence-corrected chi connectivity index (χ3v) is 6.10. The van der Waals surface area contributed by atoms with Crippen LogP contribution in [-0.4, -0.2) is 50.6 Å². The average molecular weight is 471 g/mol. The van der Waals surface area contributed by atoms with Gasteiger partial charge in [0.1, 0.15) is 17.7 Å². The maximum Gasteiger partial charge on any atom is 0.326 e. The predicted octanol–water partition coefficient (Wildman–Crippen LogP) is 1.86. The largest absolute Gasteiger partial charge is 0.481 e. The molecule has 0 radical (unpaired) electrons. The highest BCUT2D eigenvalue weighted by molar-refractivity contribution is 5.96. The predicted molar refractivity (Wildman–Crippen MR) is 126 cm³/mol. The molecule has 34 heavy (non-hydrogen) atoms. The molecule has 0 spiro atoms. The van der Waals surface area contributed by atoms with E-state index in [1.165, 1.54) is 0 Å². The number of nitrogens with zero attached hydrogens (tertiary/aromatic N) is 2. The zero-order valence-electron chi connectivity index (χ0n) is 19.0. The van der Waals surface area contributed by atoms with Crippen LogP contribution in [0.4, 0.5) is 17.6 Å². The molecule has 2 aromatic rings. The molecule has 2 unspecified atom stereocenters. The SMILES string of the molecule is CCC(Cc1ccc(C(=O)N[C@@H](CCC(=O)O)C(=O)O)cc1)CC1CNc2nc(N)nc(N)c21. The van der Waals surface area contributed by atoms with E-state index < -0.39 is 23.9 Å². The molecule has 0 saturated heterocycles. The van der Waals surface area contributed by atoms with E-state index in [4.69, 9.17) is 16.6 Å². The molecule has 11 nitrogen and oxygen atoms in total. The van der Waals surface area contributed by atoms with Crippen molar-refractivity contribution in [1.29, 1.82) is 0 Å². The summed E-state index contributed by atoms with van der Waals surface area (Å²) >= 11 is 0. The molecule has 3 atom stereocenters. The molecule has 0 fully saturated rings. The van der Waals surface area contributed by atoms with Crippen molar-refractivity contribution in [3.05, 3.63) is 41.0 Å². The summed E-state index contributed by atoms with van der Waals surface area (Å²) in [5.74, 6) is -1.14. The lowest BCUT2D eigenvalue weighted by molar-refractivity contribution is -0.140. The van der Waals surface area contributed by atoms with Gasteiger partial charge in [-0.2, -0.15) is 9.97 Å². The van der Waals surface area contributed by atoms with E-state index >= 15 is 0 Å². The van der Waals surface area contributed by atoms with E-state index in [0.29, 0.717) is 23.1 Å². The van der Waals surface area contributed by atoms with Gasteiger partial charge in [-0.05, 0) is 42.9 Å². The fraction of sp³-hybridized carbons (Fsp3) is 0.435. The number of carboxylic acid groups (broad SMARTS) is 2. The van der Waals surface area contributed by atoms with Gasteiger partial charge < -0.3 is 32.3 Å². The number of hydrogen-bond acceptors (Lipinski definition) is 8. The Labute approximate surface area is 197 Å². The number of fused-ring (bicyclic) bond motifs is 1. The summed E-state index contributed by atoms with van der Waals surface area (Å²) in [5, 5.41) is 23.6. The maximum atomic E-state index is 12.4. The van der Waals surface area contributed by atoms with E-state index in [1.54, 1.807) is 12.1 Å². The number of rotatable bonds is 11. The second-order valence-corrected chi connectivity index (χ2v) is 8.51. The second-order valence-electron chi connectivity index (χ2n) is 8.51. The summed E-state index contributed by atoms with van der Waals surface area (Å²) in [6.07, 6.45) is 2.11. The fourth-order valence-corrected chi connectivity index (χ4v) is 4.25. The fourth-order valence-electron chi connectivity index (χ4n) is 4.25. The average Bonchev–Trinajstić information content (AvgIpc) is 3.18. The van der Waals surface area contributed by atoms with Crippen LogP contribution >= 0.6 is 0 Å². The van der Waals surface area contributed by atoms with E-state index in [2.05, 4.69) is 27.5 Å². The highest BCUT2D eigenvalue weighted by Crippen LogP contribution is 2.39. The summed E-state index contributed by atoms with van der Waals surface area (Å²) in [6, 6.07) is 5.73. The monoisotopic (exact) mass is 470 g/mol. The van der Waals surface area contributed by atoms with Gasteiger partial charge in [0, 0.05) is 30.0 Å². The minimum atomic E-state index is -1.27. The zero-order valence-corrected chi connectivity index (χ0v) is 19.0. The molecule has 182 valence electrons. The standard InChI is InChI=1S/C23H30N6O5/c1-2-12(10-15-11-26-20-18(15)19(24)28-23(25)29-20)9-13-3-5-14(6-4-13)21(32)27-16(22(33)34)7-8-17(30)31/h3-6,12,15-16H,2,7-11H2,1H3,(H,27,32)(H,30,31)(H,33,34)(H5,24,25,26,28,29)/t12?,15?,16-/m0/s1. The van der Waals surface area contributed by atoms with Crippen molar-refractivity contribution in [2.75, 3.05) is 23.3 Å². The number of nitrogens with one attached hydrogen (secondary N) is 2. The van der Waals surface area contributed by atoms with Crippen molar-refractivity contribution in [1.82, 2.24) is 15.3 Å². The summed E-state index contributed by atoms with van der Waals surface area (Å²) < 4.78 is 0. The number of carbonyl (C=O) groups is 3. The Hall–Kier alpha value is -3.89. The van der Waals surface area contributed by atoms with Gasteiger partial charge in [-0.25, -0.2) is 4.79 Å². The molecule has 0 aliphatic carbocycles. The van der Waals surface area contributed by atoms with Crippen LogP contribution in [0.25, 0.3) is 0 Å². The van der Waals surface area contributed by atoms with Gasteiger partial charge in [0.05, 0.1) is 0 Å². The number of benzene rings is 1. The number of carboxylic acids is 2. The smallest absolute Gasteiger partial charge is 0.326 e. The van der Waals surface area contributed by atoms with Gasteiger partial charge >= 0.3 is 11.9 Å². The number of aromatic nitrogens is 2. The molecular weight excluding hydrogens is 440 g/mol. The Balaban J connectivity index is 1.61. The van der Waals surface area contributed by atoms with E-state index in [1.807, 2.05) is 12.1 Å². The summed E-state index contributed by atoms with van der Waals surface area (Å²) in [6.45, 7) is 2.85. The first-order chi connectivity index (χ1) is 16.2. The number of anilines is 3. The molecule has 8 N–H and O–H groups in total. The van der Waals surface area contributed by atoms with Gasteiger partial charge in [0.2, 0.25) is 5.95 Å². The normalized spacial score (nSPS) is 16.2. The van der Waals surface area contributed by atoms with E-state index in [-0.39, 0.29) is 24.7 Å². The van der Waals surface area contributed by atoms with Crippen molar-refractivity contribution < 1.29 is 24.6 Å². The number of aliphatic carboxylic acids is 2. The summed E-state index contributed by atoms with van der Waals surface area (Å²) in [5.41, 5.74) is 14.1. The van der Waals surface area contributed by atoms with Crippen LogP contribution in [0.15, 0.2) is 24.3 Å². The van der Waals surface area contributed by atoms with Gasteiger partial charge in [-0.15, -0.1) is 0 Å². The third-order valence-electron chi connectivity index (χ3n) is 6.10. The Bertz CT molecular complexity index is 1060. The van der Waals surface area contributed by atoms with Crippen molar-refractivity contribution >= 4 is 35.4 Å². The Morgan fingerprint density at radius 2 is 1.88 bits per heavy atom. The lowest BCUT2D eigenvalue weighted by Crippen LogP contribution is -2.41. The summed E-state index contributed by atoms with van der Waals surface area (Å²) in [7, 11) is 0. The molecule has 1 aromatic carbocycles. The highest BCUT2D eigenvalue weighted by atomic mass is 16.4. The number of nitrogens with two attached hydrogens (primary N) is 2. The minimum absolute atomic E-state index is 0.150. The molecule has 1 aliphatic rings. The third kappa shape index (κ3) is 6.12. The minimum Gasteiger partial charge on any atom is -0.481 e. The number of amides is 1. The highest BCUT2D eigenvalue weighted by Gasteiger charge is 2.29. The molecule has 1 aromatic heterocycles. The van der Waals surface area contributed by atoms with E-state index in [0.717, 1.165) is 36.9 Å². The Kier molecular flexibility index (Phi) is 7.87. The molecule has 0 bridgehead atoms. The number of nitrogen functional groups attached to an aromatic ring is 2. The van der Waals surface area contributed by atoms with Crippen LogP contribution in [0.1, 0.15) is 60.0 Å². The van der Waals surface area contributed by atoms with Gasteiger partial charge in [-0.1, -0.05) is 25.5 Å².